The van der Waals surface area contributed by atoms with Gasteiger partial charge in [0.05, 0.1) is 0 Å². The van der Waals surface area contributed by atoms with Crippen LogP contribution in [0, 0.1) is 12.4 Å². The van der Waals surface area contributed by atoms with Crippen LogP contribution in [0.25, 0.3) is 11.4 Å². The molecule has 38 heavy (non-hydrogen) atoms. The van der Waals surface area contributed by atoms with Crippen LogP contribution in [0.2, 0.25) is 0 Å². The molecule has 0 saturated heterocycles. The van der Waals surface area contributed by atoms with E-state index in [1.807, 2.05) is 70.1 Å². The number of hydrogen-bond acceptors (Lipinski definition) is 1. The van der Waals surface area contributed by atoms with Gasteiger partial charge >= 0.3 is 119 Å². The van der Waals surface area contributed by atoms with Crippen LogP contribution in [0.15, 0.2) is 157 Å². The molecule has 6 aromatic rings. The van der Waals surface area contributed by atoms with E-state index in [9.17, 15) is 0 Å². The summed E-state index contributed by atoms with van der Waals surface area (Å²) in [5.74, 6) is 0. The fourth-order valence-corrected chi connectivity index (χ4v) is 9.03. The monoisotopic (exact) mass is 751 g/mol. The normalized spacial score (nSPS) is 10.2. The van der Waals surface area contributed by atoms with E-state index in [4.69, 9.17) is 12.6 Å². The Morgan fingerprint density at radius 3 is 1.61 bits per heavy atom. The SMILES string of the molecule is [Pt].[S-]c1ccccc1-[n+]1[c-]n(-c2[c-]cccc2)cc1.c1ccc([As](c2ccccc2)c2ccccc2)cc1. The maximum atomic E-state index is 5.30. The van der Waals surface area contributed by atoms with Crippen LogP contribution in [-0.4, -0.2) is 19.2 Å². The van der Waals surface area contributed by atoms with Crippen molar-refractivity contribution in [2.24, 2.45) is 0 Å². The third-order valence-corrected chi connectivity index (χ3v) is 11.2. The predicted molar refractivity (Wildman–Crippen MR) is 155 cm³/mol. The fraction of sp³-hybridized carbons (Fsp3) is 0. The summed E-state index contributed by atoms with van der Waals surface area (Å²) in [6.45, 7) is 0. The summed E-state index contributed by atoms with van der Waals surface area (Å²) in [7, 11) is 0. The average molecular weight is 752 g/mol. The molecular weight excluding hydrogens is 726 g/mol. The third kappa shape index (κ3) is 7.00. The molecule has 0 aliphatic heterocycles. The molecule has 0 saturated carbocycles. The first kappa shape index (κ1) is 27.8. The van der Waals surface area contributed by atoms with E-state index >= 15 is 0 Å². The Balaban J connectivity index is 0.000000173. The molecule has 0 unspecified atom stereocenters. The molecule has 0 radical (unpaired) electrons. The van der Waals surface area contributed by atoms with Crippen LogP contribution in [0.4, 0.5) is 0 Å². The van der Waals surface area contributed by atoms with Gasteiger partial charge in [-0.2, -0.15) is 35.2 Å². The van der Waals surface area contributed by atoms with Gasteiger partial charge < -0.3 is 21.8 Å². The molecule has 6 rings (SSSR count). The maximum absolute atomic E-state index is 5.30. The van der Waals surface area contributed by atoms with Crippen molar-refractivity contribution in [2.45, 2.75) is 4.90 Å². The fourth-order valence-electron chi connectivity index (χ4n) is 3.95. The summed E-state index contributed by atoms with van der Waals surface area (Å²) in [5, 5.41) is 0. The summed E-state index contributed by atoms with van der Waals surface area (Å²) < 4.78 is 8.22. The van der Waals surface area contributed by atoms with Gasteiger partial charge in [0.2, 0.25) is 0 Å². The molecule has 0 aliphatic rings. The molecule has 1 heterocycles. The van der Waals surface area contributed by atoms with Crippen molar-refractivity contribution in [1.82, 2.24) is 4.57 Å². The second kappa shape index (κ2) is 14.1. The minimum absolute atomic E-state index is 0. The number of hydrogen-bond donors (Lipinski definition) is 0. The second-order valence-electron chi connectivity index (χ2n) is 8.20. The van der Waals surface area contributed by atoms with Crippen molar-refractivity contribution in [3.63, 3.8) is 0 Å². The van der Waals surface area contributed by atoms with Gasteiger partial charge in [0, 0.05) is 39.1 Å². The van der Waals surface area contributed by atoms with Crippen LogP contribution in [0.1, 0.15) is 0 Å². The molecule has 2 nitrogen and oxygen atoms in total. The molecule has 0 N–H and O–H groups in total. The van der Waals surface area contributed by atoms with Crippen molar-refractivity contribution in [3.05, 3.63) is 164 Å². The minimum atomic E-state index is -1.39. The van der Waals surface area contributed by atoms with E-state index < -0.39 is 14.7 Å². The van der Waals surface area contributed by atoms with Crippen molar-refractivity contribution >= 4 is 40.3 Å². The summed E-state index contributed by atoms with van der Waals surface area (Å²) in [6, 6.07) is 51.5. The predicted octanol–water partition coefficient (Wildman–Crippen LogP) is 4.46. The summed E-state index contributed by atoms with van der Waals surface area (Å²) in [6.07, 6.45) is 7.10. The Kier molecular flexibility index (Phi) is 10.3. The zero-order valence-electron chi connectivity index (χ0n) is 20.5. The Morgan fingerprint density at radius 1 is 0.605 bits per heavy atom. The molecule has 0 atom stereocenters. The molecule has 0 fully saturated rings. The van der Waals surface area contributed by atoms with E-state index in [1.165, 1.54) is 13.1 Å². The number of imidazole rings is 1. The summed E-state index contributed by atoms with van der Waals surface area (Å²) in [4.78, 5) is 0.813. The molecule has 0 aliphatic carbocycles. The van der Waals surface area contributed by atoms with Crippen LogP contribution in [-0.2, 0) is 33.7 Å². The summed E-state index contributed by atoms with van der Waals surface area (Å²) in [5.41, 5.74) is 1.92. The van der Waals surface area contributed by atoms with E-state index in [1.54, 1.807) is 0 Å². The molecule has 190 valence electrons. The van der Waals surface area contributed by atoms with Gasteiger partial charge in [0.15, 0.2) is 0 Å². The molecule has 5 heteroatoms. The number of para-hydroxylation sites is 2. The zero-order chi connectivity index (χ0) is 25.3. The van der Waals surface area contributed by atoms with Gasteiger partial charge in [-0.1, -0.05) is 24.3 Å². The van der Waals surface area contributed by atoms with Crippen LogP contribution in [0.3, 0.4) is 0 Å². The van der Waals surface area contributed by atoms with Gasteiger partial charge in [0.1, 0.15) is 0 Å². The van der Waals surface area contributed by atoms with E-state index in [0.717, 1.165) is 16.3 Å². The molecule has 1 aromatic heterocycles. The third-order valence-electron chi connectivity index (χ3n) is 5.70. The summed E-state index contributed by atoms with van der Waals surface area (Å²) >= 11 is 3.91. The number of benzene rings is 5. The van der Waals surface area contributed by atoms with Crippen LogP contribution < -0.4 is 17.6 Å². The van der Waals surface area contributed by atoms with Gasteiger partial charge in [-0.05, 0) is 5.69 Å². The molecule has 0 spiro atoms. The van der Waals surface area contributed by atoms with Crippen LogP contribution >= 0.6 is 0 Å². The van der Waals surface area contributed by atoms with Gasteiger partial charge in [-0.25, -0.2) is 0 Å². The Hall–Kier alpha value is -3.22. The van der Waals surface area contributed by atoms with Crippen molar-refractivity contribution < 1.29 is 25.6 Å². The quantitative estimate of drug-likeness (QED) is 0.110. The molecule has 5 aromatic carbocycles. The van der Waals surface area contributed by atoms with Crippen molar-refractivity contribution in [2.75, 3.05) is 0 Å². The van der Waals surface area contributed by atoms with Gasteiger partial charge in [0.25, 0.3) is 6.33 Å². The molecule has 0 amide bonds. The first-order valence-electron chi connectivity index (χ1n) is 12.0. The zero-order valence-corrected chi connectivity index (χ0v) is 25.5. The van der Waals surface area contributed by atoms with Crippen molar-refractivity contribution in [3.8, 4) is 11.4 Å². The standard InChI is InChI=1S/C18H15As.C15H11N2S.Pt/c1-4-10-16(11-5-1)19(17-12-6-2-7-13-17)18-14-8-3-9-15-18;18-15-9-5-4-8-14(15)17-11-10-16(12-17)13-6-2-1-3-7-13;/h1-15H;1-6,8-11,18H;/q;-1;/p-1. The molecule has 0 bridgehead atoms. The van der Waals surface area contributed by atoms with E-state index in [0.29, 0.717) is 0 Å². The number of aromatic nitrogens is 2. The second-order valence-corrected chi connectivity index (χ2v) is 13.3. The Bertz CT molecular complexity index is 1430. The first-order valence-corrected chi connectivity index (χ1v) is 15.2. The molecular formula is C33H25AsN2PtS-2. The topological polar surface area (TPSA) is 8.81 Å². The van der Waals surface area contributed by atoms with Crippen molar-refractivity contribution in [1.29, 1.82) is 0 Å². The number of rotatable bonds is 5. The van der Waals surface area contributed by atoms with Crippen LogP contribution in [0.5, 0.6) is 0 Å². The first-order chi connectivity index (χ1) is 18.3. The van der Waals surface area contributed by atoms with E-state index in [-0.39, 0.29) is 21.1 Å². The Morgan fingerprint density at radius 2 is 1.11 bits per heavy atom. The van der Waals surface area contributed by atoms with Gasteiger partial charge in [-0.15, -0.1) is 0 Å². The Labute approximate surface area is 249 Å². The van der Waals surface area contributed by atoms with Gasteiger partial charge in [-0.3, -0.25) is 0 Å². The average Bonchev–Trinajstić information content (AvgIpc) is 3.46. The van der Waals surface area contributed by atoms with E-state index in [2.05, 4.69) is 103 Å². The number of nitrogens with zero attached hydrogens (tertiary/aromatic N) is 2.